The van der Waals surface area contributed by atoms with E-state index in [1.807, 2.05) is 0 Å². The van der Waals surface area contributed by atoms with E-state index in [1.165, 1.54) is 13.1 Å². The van der Waals surface area contributed by atoms with Crippen LogP contribution in [0.25, 0.3) is 11.8 Å². The van der Waals surface area contributed by atoms with Gasteiger partial charge in [-0.1, -0.05) is 19.9 Å². The van der Waals surface area contributed by atoms with Gasteiger partial charge in [-0.25, -0.2) is 14.7 Å². The van der Waals surface area contributed by atoms with Crippen molar-refractivity contribution in [1.82, 2.24) is 30.1 Å². The summed E-state index contributed by atoms with van der Waals surface area (Å²) in [6.45, 7) is 7.09. The van der Waals surface area contributed by atoms with Gasteiger partial charge in [0.05, 0.1) is 11.5 Å². The van der Waals surface area contributed by atoms with Gasteiger partial charge in [0.1, 0.15) is 6.33 Å². The molecule has 13 heteroatoms. The lowest BCUT2D eigenvalue weighted by Gasteiger charge is -2.33. The molecule has 2 aliphatic rings. The number of hydrogen-bond donors (Lipinski definition) is 1. The van der Waals surface area contributed by atoms with Crippen molar-refractivity contribution >= 4 is 17.7 Å². The average molecular weight is 478 g/mol. The van der Waals surface area contributed by atoms with Gasteiger partial charge in [-0.3, -0.25) is 10.2 Å². The van der Waals surface area contributed by atoms with Gasteiger partial charge in [0.2, 0.25) is 0 Å². The molecule has 1 saturated heterocycles. The normalized spacial score (nSPS) is 23.5. The van der Waals surface area contributed by atoms with Gasteiger partial charge >= 0.3 is 12.4 Å². The minimum atomic E-state index is -4.95. The highest BCUT2D eigenvalue weighted by molar-refractivity contribution is 5.89. The van der Waals surface area contributed by atoms with E-state index >= 15 is 0 Å². The number of halogens is 6. The van der Waals surface area contributed by atoms with Crippen LogP contribution in [0.5, 0.6) is 0 Å². The van der Waals surface area contributed by atoms with E-state index in [0.717, 1.165) is 36.7 Å². The number of hydrogen-bond acceptors (Lipinski definition) is 5. The molecule has 1 N–H and O–H groups in total. The summed E-state index contributed by atoms with van der Waals surface area (Å²) >= 11 is 0. The number of rotatable bonds is 5. The molecule has 1 aliphatic heterocycles. The van der Waals surface area contributed by atoms with E-state index < -0.39 is 35.7 Å². The number of alkyl halides is 6. The van der Waals surface area contributed by atoms with Crippen molar-refractivity contribution in [2.75, 3.05) is 32.7 Å². The van der Waals surface area contributed by atoms with Crippen LogP contribution in [0.2, 0.25) is 0 Å². The second kappa shape index (κ2) is 9.67. The highest BCUT2D eigenvalue weighted by atomic mass is 19.4. The average Bonchev–Trinajstić information content (AvgIpc) is 3.20. The molecular formula is C20H24F6N6O. The Bertz CT molecular complexity index is 940. The van der Waals surface area contributed by atoms with Crippen LogP contribution in [-0.4, -0.2) is 75.7 Å². The van der Waals surface area contributed by atoms with Crippen LogP contribution in [0.3, 0.4) is 0 Å². The summed E-state index contributed by atoms with van der Waals surface area (Å²) in [4.78, 5) is 18.2. The highest BCUT2D eigenvalue weighted by Crippen LogP contribution is 2.45. The maximum absolute atomic E-state index is 13.3. The topological polar surface area (TPSA) is 66.3 Å². The number of nitrogens with zero attached hydrogens (tertiary/aromatic N) is 5. The molecule has 1 fully saturated rings. The van der Waals surface area contributed by atoms with Crippen molar-refractivity contribution in [2.24, 2.45) is 11.8 Å². The maximum atomic E-state index is 13.3. The van der Waals surface area contributed by atoms with Gasteiger partial charge in [-0.15, -0.1) is 5.10 Å². The Morgan fingerprint density at radius 2 is 1.85 bits per heavy atom. The number of carbonyl (C=O) groups is 1. The van der Waals surface area contributed by atoms with Crippen LogP contribution in [0, 0.1) is 11.8 Å². The second-order valence-electron chi connectivity index (χ2n) is 7.84. The third kappa shape index (κ3) is 6.22. The fourth-order valence-electron chi connectivity index (χ4n) is 3.69. The fourth-order valence-corrected chi connectivity index (χ4v) is 3.69. The molecule has 2 atom stereocenters. The first kappa shape index (κ1) is 25.0. The molecule has 2 heterocycles. The van der Waals surface area contributed by atoms with Crippen LogP contribution in [0.4, 0.5) is 26.3 Å². The van der Waals surface area contributed by atoms with Gasteiger partial charge in [-0.05, 0) is 18.5 Å². The summed E-state index contributed by atoms with van der Waals surface area (Å²) in [6, 6.07) is 0. The molecule has 0 aromatic carbocycles. The highest BCUT2D eigenvalue weighted by Gasteiger charge is 2.48. The zero-order valence-corrected chi connectivity index (χ0v) is 18.0. The molecule has 0 bridgehead atoms. The monoisotopic (exact) mass is 478 g/mol. The predicted octanol–water partition coefficient (Wildman–Crippen LogP) is 3.12. The van der Waals surface area contributed by atoms with Crippen molar-refractivity contribution in [3.8, 4) is 0 Å². The lowest BCUT2D eigenvalue weighted by atomic mass is 9.80. The Balaban J connectivity index is 1.71. The summed E-state index contributed by atoms with van der Waals surface area (Å²) < 4.78 is 80.6. The molecule has 7 nitrogen and oxygen atoms in total. The number of amides is 1. The molecule has 182 valence electrons. The molecule has 1 aromatic rings. The first-order valence-electron chi connectivity index (χ1n) is 10.3. The quantitative estimate of drug-likeness (QED) is 0.521. The molecule has 0 radical (unpaired) electrons. The van der Waals surface area contributed by atoms with Gasteiger partial charge in [0.25, 0.3) is 5.91 Å². The molecule has 0 spiro atoms. The zero-order valence-electron chi connectivity index (χ0n) is 18.0. The van der Waals surface area contributed by atoms with Crippen molar-refractivity contribution in [3.63, 3.8) is 0 Å². The SMILES string of the molecule is CCN1CCN(NC(=O)/C=C\n2cnc(C3=CC(C(F)(F)F)=CC(C(F)(F)F)[C@H]3C)n2)CC1. The second-order valence-corrected chi connectivity index (χ2v) is 7.84. The Labute approximate surface area is 186 Å². The van der Waals surface area contributed by atoms with E-state index in [9.17, 15) is 31.1 Å². The van der Waals surface area contributed by atoms with Crippen LogP contribution >= 0.6 is 0 Å². The van der Waals surface area contributed by atoms with E-state index in [-0.39, 0.29) is 17.5 Å². The van der Waals surface area contributed by atoms with Gasteiger partial charge in [0, 0.05) is 44.0 Å². The van der Waals surface area contributed by atoms with E-state index in [1.54, 1.807) is 5.01 Å². The molecule has 1 aromatic heterocycles. The van der Waals surface area contributed by atoms with Crippen molar-refractivity contribution < 1.29 is 31.1 Å². The van der Waals surface area contributed by atoms with Crippen LogP contribution in [0.15, 0.2) is 30.1 Å². The number of piperazine rings is 1. The predicted molar refractivity (Wildman–Crippen MR) is 108 cm³/mol. The van der Waals surface area contributed by atoms with Gasteiger partial charge in [-0.2, -0.15) is 26.3 Å². The molecule has 1 unspecified atom stereocenters. The molecule has 1 amide bonds. The van der Waals surface area contributed by atoms with Crippen molar-refractivity contribution in [1.29, 1.82) is 0 Å². The van der Waals surface area contributed by atoms with E-state index in [0.29, 0.717) is 19.2 Å². The smallest absolute Gasteiger partial charge is 0.301 e. The summed E-state index contributed by atoms with van der Waals surface area (Å²) in [7, 11) is 0. The minimum Gasteiger partial charge on any atom is -0.301 e. The van der Waals surface area contributed by atoms with Crippen molar-refractivity contribution in [2.45, 2.75) is 26.2 Å². The number of nitrogens with one attached hydrogen (secondary N) is 1. The third-order valence-corrected chi connectivity index (χ3v) is 5.64. The largest absolute Gasteiger partial charge is 0.416 e. The first-order valence-corrected chi connectivity index (χ1v) is 10.3. The van der Waals surface area contributed by atoms with Crippen molar-refractivity contribution in [3.05, 3.63) is 36.0 Å². The van der Waals surface area contributed by atoms with E-state index in [2.05, 4.69) is 27.3 Å². The zero-order chi connectivity index (χ0) is 24.4. The summed E-state index contributed by atoms with van der Waals surface area (Å²) in [5.41, 5.74) is 1.03. The number of likely N-dealkylation sites (N-methyl/N-ethyl adjacent to an activating group) is 1. The summed E-state index contributed by atoms with van der Waals surface area (Å²) in [6.07, 6.45) is -5.49. The number of carbonyl (C=O) groups excluding carboxylic acids is 1. The maximum Gasteiger partial charge on any atom is 0.416 e. The lowest BCUT2D eigenvalue weighted by molar-refractivity contribution is -0.169. The Morgan fingerprint density at radius 1 is 1.18 bits per heavy atom. The first-order chi connectivity index (χ1) is 15.4. The molecule has 3 rings (SSSR count). The minimum absolute atomic E-state index is 0.190. The number of aromatic nitrogens is 3. The number of hydrazine groups is 1. The molecular weight excluding hydrogens is 454 g/mol. The number of allylic oxidation sites excluding steroid dienone is 4. The summed E-state index contributed by atoms with van der Waals surface area (Å²) in [5, 5.41) is 5.71. The molecule has 33 heavy (non-hydrogen) atoms. The molecule has 1 aliphatic carbocycles. The summed E-state index contributed by atoms with van der Waals surface area (Å²) in [5.74, 6) is -4.36. The van der Waals surface area contributed by atoms with E-state index in [4.69, 9.17) is 0 Å². The van der Waals surface area contributed by atoms with Crippen LogP contribution in [-0.2, 0) is 4.79 Å². The fraction of sp³-hybridized carbons (Fsp3) is 0.550. The standard InChI is InChI=1S/C20H24F6N6O/c1-3-30-6-8-31(9-7-30)28-17(33)4-5-32-12-27-18(29-32)15-10-14(19(21,22)23)11-16(13(15)2)20(24,25)26/h4-5,10-13,16H,3,6-9H2,1-2H3,(H,28,33)/b5-4-/t13-,16?/m0/s1. The Hall–Kier alpha value is -2.67. The molecule has 0 saturated carbocycles. The van der Waals surface area contributed by atoms with Gasteiger partial charge in [0.15, 0.2) is 5.82 Å². The third-order valence-electron chi connectivity index (χ3n) is 5.64. The van der Waals surface area contributed by atoms with Crippen LogP contribution < -0.4 is 5.43 Å². The van der Waals surface area contributed by atoms with Crippen LogP contribution in [0.1, 0.15) is 19.7 Å². The van der Waals surface area contributed by atoms with Gasteiger partial charge < -0.3 is 4.90 Å². The Morgan fingerprint density at radius 3 is 2.42 bits per heavy atom. The Kier molecular flexibility index (Phi) is 7.32. The lowest BCUT2D eigenvalue weighted by Crippen LogP contribution is -2.53.